The van der Waals surface area contributed by atoms with Gasteiger partial charge in [0.2, 0.25) is 0 Å². The number of aromatic nitrogens is 1. The first-order valence-electron chi connectivity index (χ1n) is 6.70. The summed E-state index contributed by atoms with van der Waals surface area (Å²) >= 11 is 0. The van der Waals surface area contributed by atoms with Crippen LogP contribution in [0.15, 0.2) is 17.2 Å². The van der Waals surface area contributed by atoms with Crippen LogP contribution in [0.25, 0.3) is 0 Å². The number of ether oxygens (including phenoxy) is 1. The van der Waals surface area contributed by atoms with Gasteiger partial charge in [0, 0.05) is 37.6 Å². The highest BCUT2D eigenvalue weighted by atomic mass is 32.2. The molecule has 2 heterocycles. The van der Waals surface area contributed by atoms with E-state index < -0.39 is 10.0 Å². The molecule has 0 spiro atoms. The van der Waals surface area contributed by atoms with E-state index in [0.717, 1.165) is 5.69 Å². The third-order valence-electron chi connectivity index (χ3n) is 3.24. The van der Waals surface area contributed by atoms with Crippen molar-refractivity contribution in [3.63, 3.8) is 0 Å². The number of morpholine rings is 1. The van der Waals surface area contributed by atoms with Crippen LogP contribution in [-0.4, -0.2) is 44.3 Å². The molecule has 1 aromatic rings. The Hall–Kier alpha value is -0.930. The molecular weight excluding hydrogens is 280 g/mol. The molecule has 2 rings (SSSR count). The zero-order valence-electron chi connectivity index (χ0n) is 11.9. The van der Waals surface area contributed by atoms with E-state index in [-0.39, 0.29) is 10.9 Å². The molecular formula is C12H22N4O3S. The fourth-order valence-electron chi connectivity index (χ4n) is 2.17. The molecule has 7 nitrogen and oxygen atoms in total. The lowest BCUT2D eigenvalue weighted by Crippen LogP contribution is -2.48. The van der Waals surface area contributed by atoms with Crippen LogP contribution in [0, 0.1) is 0 Å². The molecule has 0 aliphatic carbocycles. The first-order chi connectivity index (χ1) is 9.44. The zero-order chi connectivity index (χ0) is 14.8. The fourth-order valence-corrected chi connectivity index (χ4v) is 3.34. The molecule has 0 amide bonds. The van der Waals surface area contributed by atoms with Gasteiger partial charge in [0.15, 0.2) is 0 Å². The lowest BCUT2D eigenvalue weighted by atomic mass is 10.3. The van der Waals surface area contributed by atoms with Crippen molar-refractivity contribution in [3.05, 3.63) is 18.0 Å². The van der Waals surface area contributed by atoms with Crippen molar-refractivity contribution >= 4 is 10.0 Å². The molecule has 8 heteroatoms. The minimum Gasteiger partial charge on any atom is -0.379 e. The van der Waals surface area contributed by atoms with Gasteiger partial charge in [0.1, 0.15) is 4.90 Å². The van der Waals surface area contributed by atoms with Crippen LogP contribution in [0.3, 0.4) is 0 Å². The van der Waals surface area contributed by atoms with Gasteiger partial charge in [-0.05, 0) is 19.9 Å². The Labute approximate surface area is 119 Å². The molecule has 1 aromatic heterocycles. The maximum absolute atomic E-state index is 12.4. The van der Waals surface area contributed by atoms with Gasteiger partial charge < -0.3 is 15.0 Å². The fraction of sp³-hybridized carbons (Fsp3) is 0.667. The van der Waals surface area contributed by atoms with E-state index in [4.69, 9.17) is 10.5 Å². The molecule has 3 N–H and O–H groups in total. The quantitative estimate of drug-likeness (QED) is 0.802. The summed E-state index contributed by atoms with van der Waals surface area (Å²) in [5.74, 6) is 0. The van der Waals surface area contributed by atoms with E-state index in [1.807, 2.05) is 18.4 Å². The van der Waals surface area contributed by atoms with Crippen molar-refractivity contribution < 1.29 is 13.2 Å². The highest BCUT2D eigenvalue weighted by Crippen LogP contribution is 2.18. The maximum atomic E-state index is 12.4. The maximum Gasteiger partial charge on any atom is 0.254 e. The van der Waals surface area contributed by atoms with Gasteiger partial charge in [-0.15, -0.1) is 4.83 Å². The van der Waals surface area contributed by atoms with Crippen molar-refractivity contribution in [2.45, 2.75) is 31.3 Å². The molecule has 1 saturated heterocycles. The molecule has 0 unspecified atom stereocenters. The van der Waals surface area contributed by atoms with Gasteiger partial charge in [-0.3, -0.25) is 0 Å². The second kappa shape index (κ2) is 6.23. The van der Waals surface area contributed by atoms with E-state index in [0.29, 0.717) is 32.8 Å². The molecule has 1 fully saturated rings. The van der Waals surface area contributed by atoms with Gasteiger partial charge in [-0.1, -0.05) is 0 Å². The SMILES string of the molecule is CC(C)n1cc(S(=O)(=O)NN2CCOCC2)cc1CN. The lowest BCUT2D eigenvalue weighted by molar-refractivity contribution is 0.0272. The number of sulfonamides is 1. The Morgan fingerprint density at radius 1 is 1.40 bits per heavy atom. The van der Waals surface area contributed by atoms with Crippen LogP contribution in [0.1, 0.15) is 25.6 Å². The summed E-state index contributed by atoms with van der Waals surface area (Å²) in [7, 11) is -3.56. The number of hydrogen-bond donors (Lipinski definition) is 2. The predicted octanol–water partition coefficient (Wildman–Crippen LogP) is 0.0532. The van der Waals surface area contributed by atoms with Crippen molar-refractivity contribution in [1.29, 1.82) is 0 Å². The molecule has 0 bridgehead atoms. The highest BCUT2D eigenvalue weighted by molar-refractivity contribution is 7.89. The Bertz CT molecular complexity index is 547. The first-order valence-corrected chi connectivity index (χ1v) is 8.18. The Balaban J connectivity index is 2.20. The zero-order valence-corrected chi connectivity index (χ0v) is 12.7. The van der Waals surface area contributed by atoms with Crippen LogP contribution in [-0.2, 0) is 21.3 Å². The van der Waals surface area contributed by atoms with Crippen LogP contribution >= 0.6 is 0 Å². The van der Waals surface area contributed by atoms with E-state index in [1.165, 1.54) is 0 Å². The third-order valence-corrected chi connectivity index (χ3v) is 4.59. The minimum atomic E-state index is -3.56. The molecule has 0 saturated carbocycles. The smallest absolute Gasteiger partial charge is 0.254 e. The van der Waals surface area contributed by atoms with E-state index in [2.05, 4.69) is 4.83 Å². The summed E-state index contributed by atoms with van der Waals surface area (Å²) in [5.41, 5.74) is 6.47. The van der Waals surface area contributed by atoms with E-state index >= 15 is 0 Å². The molecule has 0 radical (unpaired) electrons. The van der Waals surface area contributed by atoms with Gasteiger partial charge in [0.25, 0.3) is 10.0 Å². The summed E-state index contributed by atoms with van der Waals surface area (Å²) in [6.45, 7) is 6.45. The molecule has 20 heavy (non-hydrogen) atoms. The lowest BCUT2D eigenvalue weighted by Gasteiger charge is -2.26. The number of hydrazine groups is 1. The Morgan fingerprint density at radius 3 is 2.55 bits per heavy atom. The normalized spacial score (nSPS) is 17.8. The van der Waals surface area contributed by atoms with Gasteiger partial charge in [0.05, 0.1) is 13.2 Å². The number of nitrogens with one attached hydrogen (secondary N) is 1. The summed E-state index contributed by atoms with van der Waals surface area (Å²) in [6.07, 6.45) is 1.63. The summed E-state index contributed by atoms with van der Waals surface area (Å²) < 4.78 is 31.8. The summed E-state index contributed by atoms with van der Waals surface area (Å²) in [5, 5.41) is 1.66. The number of nitrogens with two attached hydrogens (primary N) is 1. The number of nitrogens with zero attached hydrogens (tertiary/aromatic N) is 2. The van der Waals surface area contributed by atoms with Gasteiger partial charge in [-0.25, -0.2) is 13.4 Å². The topological polar surface area (TPSA) is 89.6 Å². The van der Waals surface area contributed by atoms with Crippen molar-refractivity contribution in [2.75, 3.05) is 26.3 Å². The highest BCUT2D eigenvalue weighted by Gasteiger charge is 2.22. The van der Waals surface area contributed by atoms with Crippen LogP contribution in [0.5, 0.6) is 0 Å². The van der Waals surface area contributed by atoms with E-state index in [9.17, 15) is 8.42 Å². The summed E-state index contributed by atoms with van der Waals surface area (Å²) in [6, 6.07) is 1.80. The summed E-state index contributed by atoms with van der Waals surface area (Å²) in [4.78, 5) is 2.83. The molecule has 0 atom stereocenters. The van der Waals surface area contributed by atoms with Gasteiger partial charge >= 0.3 is 0 Å². The molecule has 0 aromatic carbocycles. The second-order valence-corrected chi connectivity index (χ2v) is 6.73. The third kappa shape index (κ3) is 3.39. The van der Waals surface area contributed by atoms with Crippen LogP contribution in [0.2, 0.25) is 0 Å². The van der Waals surface area contributed by atoms with Gasteiger partial charge in [-0.2, -0.15) is 0 Å². The molecule has 1 aliphatic heterocycles. The number of rotatable bonds is 5. The predicted molar refractivity (Wildman–Crippen MR) is 75.4 cm³/mol. The van der Waals surface area contributed by atoms with Crippen molar-refractivity contribution in [3.8, 4) is 0 Å². The van der Waals surface area contributed by atoms with Crippen LogP contribution < -0.4 is 10.6 Å². The molecule has 1 aliphatic rings. The number of hydrogen-bond acceptors (Lipinski definition) is 5. The Morgan fingerprint density at radius 2 is 2.05 bits per heavy atom. The Kier molecular flexibility index (Phi) is 4.82. The average Bonchev–Trinajstić information content (AvgIpc) is 2.84. The first kappa shape index (κ1) is 15.5. The standard InChI is InChI=1S/C12H22N4O3S/c1-10(2)16-9-12(7-11(16)8-13)20(17,18)14-15-3-5-19-6-4-15/h7,9-10,14H,3-6,8,13H2,1-2H3. The molecule has 114 valence electrons. The minimum absolute atomic E-state index is 0.167. The van der Waals surface area contributed by atoms with Crippen molar-refractivity contribution in [2.24, 2.45) is 5.73 Å². The van der Waals surface area contributed by atoms with E-state index in [1.54, 1.807) is 17.3 Å². The van der Waals surface area contributed by atoms with Crippen molar-refractivity contribution in [1.82, 2.24) is 14.4 Å². The van der Waals surface area contributed by atoms with Crippen LogP contribution in [0.4, 0.5) is 0 Å². The largest absolute Gasteiger partial charge is 0.379 e. The second-order valence-electron chi connectivity index (χ2n) is 5.07. The average molecular weight is 302 g/mol. The monoisotopic (exact) mass is 302 g/mol.